The van der Waals surface area contributed by atoms with Gasteiger partial charge in [0.2, 0.25) is 0 Å². The first-order chi connectivity index (χ1) is 9.25. The van der Waals surface area contributed by atoms with Crippen molar-refractivity contribution in [2.24, 2.45) is 0 Å². The van der Waals surface area contributed by atoms with Gasteiger partial charge in [-0.05, 0) is 25.0 Å². The summed E-state index contributed by atoms with van der Waals surface area (Å²) in [7, 11) is 0. The van der Waals surface area contributed by atoms with Gasteiger partial charge in [-0.2, -0.15) is 5.10 Å². The first-order valence-electron chi connectivity index (χ1n) is 6.42. The van der Waals surface area contributed by atoms with Crippen LogP contribution in [0.2, 0.25) is 0 Å². The number of rotatable bonds is 2. The molecule has 0 spiro atoms. The van der Waals surface area contributed by atoms with E-state index in [0.29, 0.717) is 0 Å². The average molecular weight is 248 g/mol. The third-order valence-electron chi connectivity index (χ3n) is 3.41. The summed E-state index contributed by atoms with van der Waals surface area (Å²) in [5.74, 6) is 0. The Bertz CT molecular complexity index is 693. The minimum absolute atomic E-state index is 1.08. The highest BCUT2D eigenvalue weighted by Crippen LogP contribution is 2.31. The Morgan fingerprint density at radius 3 is 2.32 bits per heavy atom. The lowest BCUT2D eigenvalue weighted by Crippen LogP contribution is -1.85. The number of hydrogen-bond donors (Lipinski definition) is 1. The second-order valence-electron chi connectivity index (χ2n) is 4.84. The number of benzene rings is 2. The summed E-state index contributed by atoms with van der Waals surface area (Å²) in [6, 6.07) is 16.9. The third kappa shape index (κ3) is 2.17. The topological polar surface area (TPSA) is 28.7 Å². The lowest BCUT2D eigenvalue weighted by Gasteiger charge is -2.07. The summed E-state index contributed by atoms with van der Waals surface area (Å²) in [4.78, 5) is 0. The maximum Gasteiger partial charge on any atom is 0.0728 e. The van der Waals surface area contributed by atoms with Crippen LogP contribution in [0, 0.1) is 13.8 Å². The molecule has 1 heterocycles. The van der Waals surface area contributed by atoms with Crippen molar-refractivity contribution in [2.75, 3.05) is 0 Å². The molecule has 0 fully saturated rings. The molecule has 0 atom stereocenters. The molecule has 0 unspecified atom stereocenters. The summed E-state index contributed by atoms with van der Waals surface area (Å²) in [5.41, 5.74) is 7.15. The van der Waals surface area contributed by atoms with Crippen LogP contribution < -0.4 is 0 Å². The lowest BCUT2D eigenvalue weighted by molar-refractivity contribution is 1.09. The maximum absolute atomic E-state index is 4.21. The van der Waals surface area contributed by atoms with E-state index < -0.39 is 0 Å². The molecule has 19 heavy (non-hydrogen) atoms. The zero-order valence-corrected chi connectivity index (χ0v) is 11.1. The minimum atomic E-state index is 1.08. The van der Waals surface area contributed by atoms with Crippen molar-refractivity contribution in [1.29, 1.82) is 0 Å². The van der Waals surface area contributed by atoms with E-state index in [1.165, 1.54) is 22.3 Å². The third-order valence-corrected chi connectivity index (χ3v) is 3.41. The van der Waals surface area contributed by atoms with Crippen molar-refractivity contribution < 1.29 is 0 Å². The van der Waals surface area contributed by atoms with E-state index in [1.54, 1.807) is 0 Å². The van der Waals surface area contributed by atoms with Gasteiger partial charge in [-0.1, -0.05) is 54.1 Å². The Morgan fingerprint density at radius 2 is 1.58 bits per heavy atom. The summed E-state index contributed by atoms with van der Waals surface area (Å²) < 4.78 is 0. The number of aromatic nitrogens is 2. The molecule has 2 nitrogen and oxygen atoms in total. The zero-order valence-electron chi connectivity index (χ0n) is 11.1. The van der Waals surface area contributed by atoms with Crippen molar-refractivity contribution in [1.82, 2.24) is 10.2 Å². The van der Waals surface area contributed by atoms with Crippen molar-refractivity contribution >= 4 is 0 Å². The molecule has 0 aliphatic heterocycles. The second kappa shape index (κ2) is 4.73. The minimum Gasteiger partial charge on any atom is -0.277 e. The molecule has 1 aromatic heterocycles. The largest absolute Gasteiger partial charge is 0.277 e. The lowest BCUT2D eigenvalue weighted by atomic mass is 9.98. The number of H-pyrrole nitrogens is 1. The molecule has 0 aliphatic carbocycles. The normalized spacial score (nSPS) is 10.6. The zero-order chi connectivity index (χ0) is 13.2. The van der Waals surface area contributed by atoms with Gasteiger partial charge in [0.05, 0.1) is 11.9 Å². The molecule has 3 rings (SSSR count). The van der Waals surface area contributed by atoms with E-state index in [1.807, 2.05) is 6.20 Å². The average Bonchev–Trinajstić information content (AvgIpc) is 2.89. The highest BCUT2D eigenvalue weighted by molar-refractivity contribution is 5.81. The molecule has 0 bridgehead atoms. The summed E-state index contributed by atoms with van der Waals surface area (Å²) >= 11 is 0. The standard InChI is InChI=1S/C17H16N2/c1-12-7-9-14(10-8-12)17-16(11-18-19-17)15-6-4-3-5-13(15)2/h3-11H,1-2H3,(H,18,19). The SMILES string of the molecule is Cc1ccc(-c2[nH]ncc2-c2ccccc2C)cc1. The van der Waals surface area contributed by atoms with Crippen LogP contribution in [-0.2, 0) is 0 Å². The monoisotopic (exact) mass is 248 g/mol. The molecule has 3 aromatic rings. The van der Waals surface area contributed by atoms with Gasteiger partial charge >= 0.3 is 0 Å². The van der Waals surface area contributed by atoms with Gasteiger partial charge in [-0.15, -0.1) is 0 Å². The van der Waals surface area contributed by atoms with E-state index >= 15 is 0 Å². The van der Waals surface area contributed by atoms with Gasteiger partial charge < -0.3 is 0 Å². The quantitative estimate of drug-likeness (QED) is 0.717. The number of aryl methyl sites for hydroxylation is 2. The van der Waals surface area contributed by atoms with Crippen LogP contribution in [0.25, 0.3) is 22.4 Å². The van der Waals surface area contributed by atoms with E-state index in [4.69, 9.17) is 0 Å². The van der Waals surface area contributed by atoms with Crippen LogP contribution in [0.3, 0.4) is 0 Å². The molecule has 2 aromatic carbocycles. The van der Waals surface area contributed by atoms with Crippen LogP contribution >= 0.6 is 0 Å². The van der Waals surface area contributed by atoms with Gasteiger partial charge in [-0.25, -0.2) is 0 Å². The first-order valence-corrected chi connectivity index (χ1v) is 6.42. The molecule has 0 radical (unpaired) electrons. The maximum atomic E-state index is 4.21. The highest BCUT2D eigenvalue weighted by atomic mass is 15.1. The molecule has 94 valence electrons. The van der Waals surface area contributed by atoms with E-state index in [9.17, 15) is 0 Å². The Morgan fingerprint density at radius 1 is 0.842 bits per heavy atom. The second-order valence-corrected chi connectivity index (χ2v) is 4.84. The molecule has 1 N–H and O–H groups in total. The van der Waals surface area contributed by atoms with E-state index in [2.05, 4.69) is 72.6 Å². The summed E-state index contributed by atoms with van der Waals surface area (Å²) in [6.45, 7) is 4.22. The smallest absolute Gasteiger partial charge is 0.0728 e. The molecular weight excluding hydrogens is 232 g/mol. The number of nitrogens with zero attached hydrogens (tertiary/aromatic N) is 1. The predicted molar refractivity (Wildman–Crippen MR) is 78.9 cm³/mol. The van der Waals surface area contributed by atoms with Gasteiger partial charge in [-0.3, -0.25) is 5.10 Å². The van der Waals surface area contributed by atoms with Crippen LogP contribution in [-0.4, -0.2) is 10.2 Å². The van der Waals surface area contributed by atoms with Gasteiger partial charge in [0, 0.05) is 11.1 Å². The Kier molecular flexibility index (Phi) is 2.92. The molecule has 0 aliphatic rings. The van der Waals surface area contributed by atoms with Crippen LogP contribution in [0.1, 0.15) is 11.1 Å². The van der Waals surface area contributed by atoms with Crippen molar-refractivity contribution in [2.45, 2.75) is 13.8 Å². The van der Waals surface area contributed by atoms with Crippen molar-refractivity contribution in [3.63, 3.8) is 0 Å². The predicted octanol–water partition coefficient (Wildman–Crippen LogP) is 4.36. The number of nitrogens with one attached hydrogen (secondary N) is 1. The fourth-order valence-electron chi connectivity index (χ4n) is 2.31. The van der Waals surface area contributed by atoms with E-state index in [0.717, 1.165) is 11.3 Å². The Hall–Kier alpha value is -2.35. The fourth-order valence-corrected chi connectivity index (χ4v) is 2.31. The molecule has 0 saturated heterocycles. The van der Waals surface area contributed by atoms with Crippen molar-refractivity contribution in [3.8, 4) is 22.4 Å². The Balaban J connectivity index is 2.13. The van der Waals surface area contributed by atoms with Gasteiger partial charge in [0.25, 0.3) is 0 Å². The van der Waals surface area contributed by atoms with Gasteiger partial charge in [0.15, 0.2) is 0 Å². The molecule has 0 saturated carbocycles. The van der Waals surface area contributed by atoms with Gasteiger partial charge in [0.1, 0.15) is 0 Å². The number of hydrogen-bond acceptors (Lipinski definition) is 1. The fraction of sp³-hybridized carbons (Fsp3) is 0.118. The molecule has 0 amide bonds. The molecule has 2 heteroatoms. The molecular formula is C17H16N2. The number of aromatic amines is 1. The van der Waals surface area contributed by atoms with E-state index in [-0.39, 0.29) is 0 Å². The van der Waals surface area contributed by atoms with Crippen LogP contribution in [0.5, 0.6) is 0 Å². The Labute approximate surface area is 113 Å². The van der Waals surface area contributed by atoms with Crippen LogP contribution in [0.15, 0.2) is 54.7 Å². The summed E-state index contributed by atoms with van der Waals surface area (Å²) in [6.07, 6.45) is 1.90. The summed E-state index contributed by atoms with van der Waals surface area (Å²) in [5, 5.41) is 7.33. The first kappa shape index (κ1) is 11.7. The van der Waals surface area contributed by atoms with Crippen molar-refractivity contribution in [3.05, 3.63) is 65.9 Å². The highest BCUT2D eigenvalue weighted by Gasteiger charge is 2.11. The van der Waals surface area contributed by atoms with Crippen LogP contribution in [0.4, 0.5) is 0 Å².